The maximum atomic E-state index is 12.8. The van der Waals surface area contributed by atoms with Crippen LogP contribution in [0.4, 0.5) is 0 Å². The van der Waals surface area contributed by atoms with Gasteiger partial charge in [0.1, 0.15) is 11.5 Å². The Balaban J connectivity index is 1.95. The number of methoxy groups -OCH3 is 2. The summed E-state index contributed by atoms with van der Waals surface area (Å²) in [6, 6.07) is 14.9. The van der Waals surface area contributed by atoms with Gasteiger partial charge in [0.2, 0.25) is 11.8 Å². The number of nitrogens with one attached hydrogen (secondary N) is 2. The fourth-order valence-corrected chi connectivity index (χ4v) is 4.33. The second kappa shape index (κ2) is 17.4. The zero-order valence-corrected chi connectivity index (χ0v) is 23.4. The van der Waals surface area contributed by atoms with E-state index in [1.54, 1.807) is 14.2 Å². The maximum absolute atomic E-state index is 12.8. The van der Waals surface area contributed by atoms with Gasteiger partial charge in [-0.05, 0) is 61.1 Å². The average Bonchev–Trinajstić information content (AvgIpc) is 2.93. The Labute approximate surface area is 227 Å². The third kappa shape index (κ3) is 11.1. The molecule has 0 aliphatic rings. The van der Waals surface area contributed by atoms with Crippen LogP contribution in [0.5, 0.6) is 11.5 Å². The molecule has 0 spiro atoms. The van der Waals surface area contributed by atoms with Crippen LogP contribution in [0, 0.1) is 0 Å². The molecular weight excluding hydrogens is 482 g/mol. The van der Waals surface area contributed by atoms with Gasteiger partial charge in [-0.2, -0.15) is 0 Å². The molecule has 0 aliphatic heterocycles. The van der Waals surface area contributed by atoms with E-state index in [1.807, 2.05) is 53.4 Å². The largest absolute Gasteiger partial charge is 0.497 e. The number of carbonyl (C=O) groups is 2. The lowest BCUT2D eigenvalue weighted by Gasteiger charge is -2.25. The lowest BCUT2D eigenvalue weighted by atomic mass is 10.00. The minimum atomic E-state index is -0.808. The minimum absolute atomic E-state index is 0.0954. The predicted octanol–water partition coefficient (Wildman–Crippen LogP) is 3.70. The third-order valence-corrected chi connectivity index (χ3v) is 6.38. The molecule has 3 N–H and O–H groups in total. The van der Waals surface area contributed by atoms with E-state index in [0.29, 0.717) is 32.4 Å². The Morgan fingerprint density at radius 1 is 0.921 bits per heavy atom. The van der Waals surface area contributed by atoms with Crippen molar-refractivity contribution in [3.63, 3.8) is 0 Å². The standard InChI is InChI=1S/C30H45N3O5/c1-5-17-33(18-6-2)30(36)12-8-11-29(35)32-27(20-23-13-15-25(37-3)16-14-23)28(34)22-31-21-24-9-7-10-26(19-24)38-4/h7,9-10,13-16,19,27-28,31,34H,5-6,8,11-12,17-18,20-22H2,1-4H3,(H,32,35)/t27-,28+/m0/s1. The molecule has 0 heterocycles. The van der Waals surface area contributed by atoms with E-state index in [4.69, 9.17) is 9.47 Å². The van der Waals surface area contributed by atoms with Gasteiger partial charge >= 0.3 is 0 Å². The monoisotopic (exact) mass is 527 g/mol. The molecule has 2 amide bonds. The van der Waals surface area contributed by atoms with Crippen LogP contribution in [-0.2, 0) is 22.6 Å². The summed E-state index contributed by atoms with van der Waals surface area (Å²) in [5, 5.41) is 17.3. The SMILES string of the molecule is CCCN(CCC)C(=O)CCCC(=O)N[C@@H](Cc1ccc(OC)cc1)[C@H](O)CNCc1cccc(OC)c1. The van der Waals surface area contributed by atoms with Crippen molar-refractivity contribution in [1.82, 2.24) is 15.5 Å². The van der Waals surface area contributed by atoms with Gasteiger partial charge in [-0.25, -0.2) is 0 Å². The van der Waals surface area contributed by atoms with Gasteiger partial charge < -0.3 is 30.1 Å². The summed E-state index contributed by atoms with van der Waals surface area (Å²) in [7, 11) is 3.25. The highest BCUT2D eigenvalue weighted by molar-refractivity contribution is 5.79. The summed E-state index contributed by atoms with van der Waals surface area (Å²) in [6.45, 7) is 6.48. The zero-order valence-electron chi connectivity index (χ0n) is 23.4. The molecular formula is C30H45N3O5. The first-order chi connectivity index (χ1) is 18.4. The number of nitrogens with zero attached hydrogens (tertiary/aromatic N) is 1. The highest BCUT2D eigenvalue weighted by Crippen LogP contribution is 2.15. The van der Waals surface area contributed by atoms with E-state index < -0.39 is 12.1 Å². The van der Waals surface area contributed by atoms with Crippen LogP contribution >= 0.6 is 0 Å². The first-order valence-electron chi connectivity index (χ1n) is 13.6. The Morgan fingerprint density at radius 3 is 2.24 bits per heavy atom. The highest BCUT2D eigenvalue weighted by atomic mass is 16.5. The topological polar surface area (TPSA) is 100 Å². The molecule has 0 fully saturated rings. The van der Waals surface area contributed by atoms with Crippen molar-refractivity contribution in [2.45, 2.75) is 71.1 Å². The maximum Gasteiger partial charge on any atom is 0.222 e. The molecule has 0 aromatic heterocycles. The lowest BCUT2D eigenvalue weighted by Crippen LogP contribution is -2.48. The summed E-state index contributed by atoms with van der Waals surface area (Å²) < 4.78 is 10.5. The molecule has 210 valence electrons. The molecule has 2 rings (SSSR count). The smallest absolute Gasteiger partial charge is 0.222 e. The second-order valence-corrected chi connectivity index (χ2v) is 9.51. The molecule has 0 saturated heterocycles. The summed E-state index contributed by atoms with van der Waals surface area (Å²) in [6.07, 6.45) is 2.57. The molecule has 38 heavy (non-hydrogen) atoms. The summed E-state index contributed by atoms with van der Waals surface area (Å²) in [4.78, 5) is 27.2. The van der Waals surface area contributed by atoms with Crippen LogP contribution in [0.15, 0.2) is 48.5 Å². The van der Waals surface area contributed by atoms with E-state index in [2.05, 4.69) is 24.5 Å². The van der Waals surface area contributed by atoms with Crippen molar-refractivity contribution in [3.8, 4) is 11.5 Å². The normalized spacial score (nSPS) is 12.4. The zero-order chi connectivity index (χ0) is 27.8. The van der Waals surface area contributed by atoms with Crippen molar-refractivity contribution in [1.29, 1.82) is 0 Å². The van der Waals surface area contributed by atoms with Crippen LogP contribution in [0.25, 0.3) is 0 Å². The Bertz CT molecular complexity index is 961. The van der Waals surface area contributed by atoms with Gasteiger partial charge in [-0.3, -0.25) is 9.59 Å². The quantitative estimate of drug-likeness (QED) is 0.273. The number of hydrogen-bond donors (Lipinski definition) is 3. The number of aliphatic hydroxyl groups excluding tert-OH is 1. The van der Waals surface area contributed by atoms with Gasteiger partial charge in [0.25, 0.3) is 0 Å². The first kappa shape index (κ1) is 31.1. The van der Waals surface area contributed by atoms with Crippen LogP contribution < -0.4 is 20.1 Å². The van der Waals surface area contributed by atoms with E-state index in [9.17, 15) is 14.7 Å². The molecule has 8 nitrogen and oxygen atoms in total. The number of rotatable bonds is 18. The third-order valence-electron chi connectivity index (χ3n) is 6.38. The molecule has 0 aliphatic carbocycles. The number of amides is 2. The molecule has 2 aromatic carbocycles. The predicted molar refractivity (Wildman–Crippen MR) is 150 cm³/mol. The van der Waals surface area contributed by atoms with E-state index in [-0.39, 0.29) is 18.2 Å². The van der Waals surface area contributed by atoms with Crippen molar-refractivity contribution in [3.05, 3.63) is 59.7 Å². The van der Waals surface area contributed by atoms with Crippen molar-refractivity contribution in [2.75, 3.05) is 33.9 Å². The average molecular weight is 528 g/mol. The summed E-state index contributed by atoms with van der Waals surface area (Å²) in [5.41, 5.74) is 2.02. The van der Waals surface area contributed by atoms with Gasteiger partial charge in [0.15, 0.2) is 0 Å². The molecule has 0 saturated carbocycles. The number of carbonyl (C=O) groups excluding carboxylic acids is 2. The molecule has 2 aromatic rings. The van der Waals surface area contributed by atoms with E-state index >= 15 is 0 Å². The molecule has 0 bridgehead atoms. The second-order valence-electron chi connectivity index (χ2n) is 9.51. The fraction of sp³-hybridized carbons (Fsp3) is 0.533. The minimum Gasteiger partial charge on any atom is -0.497 e. The van der Waals surface area contributed by atoms with Gasteiger partial charge in [0, 0.05) is 39.0 Å². The Morgan fingerprint density at radius 2 is 1.61 bits per heavy atom. The van der Waals surface area contributed by atoms with E-state index in [0.717, 1.165) is 48.6 Å². The van der Waals surface area contributed by atoms with Crippen LogP contribution in [-0.4, -0.2) is 67.8 Å². The van der Waals surface area contributed by atoms with Crippen LogP contribution in [0.2, 0.25) is 0 Å². The fourth-order valence-electron chi connectivity index (χ4n) is 4.33. The Hall–Kier alpha value is -3.10. The molecule has 2 atom stereocenters. The van der Waals surface area contributed by atoms with Crippen LogP contribution in [0.1, 0.15) is 57.1 Å². The van der Waals surface area contributed by atoms with Crippen molar-refractivity contribution >= 4 is 11.8 Å². The summed E-state index contributed by atoms with van der Waals surface area (Å²) in [5.74, 6) is 1.46. The van der Waals surface area contributed by atoms with Crippen molar-refractivity contribution < 1.29 is 24.2 Å². The number of ether oxygens (including phenoxy) is 2. The molecule has 8 heteroatoms. The van der Waals surface area contributed by atoms with E-state index in [1.165, 1.54) is 0 Å². The van der Waals surface area contributed by atoms with Crippen molar-refractivity contribution in [2.24, 2.45) is 0 Å². The van der Waals surface area contributed by atoms with Gasteiger partial charge in [0.05, 0.1) is 26.4 Å². The summed E-state index contributed by atoms with van der Waals surface area (Å²) >= 11 is 0. The first-order valence-corrected chi connectivity index (χ1v) is 13.6. The lowest BCUT2D eigenvalue weighted by molar-refractivity contribution is -0.131. The molecule has 0 unspecified atom stereocenters. The Kier molecular flexibility index (Phi) is 14.3. The number of aliphatic hydroxyl groups is 1. The number of hydrogen-bond acceptors (Lipinski definition) is 6. The van der Waals surface area contributed by atoms with Gasteiger partial charge in [-0.1, -0.05) is 38.1 Å². The number of benzene rings is 2. The highest BCUT2D eigenvalue weighted by Gasteiger charge is 2.22. The van der Waals surface area contributed by atoms with Crippen LogP contribution in [0.3, 0.4) is 0 Å². The van der Waals surface area contributed by atoms with Gasteiger partial charge in [-0.15, -0.1) is 0 Å². The molecule has 0 radical (unpaired) electrons.